The van der Waals surface area contributed by atoms with Gasteiger partial charge >= 0.3 is 17.9 Å². The molecule has 4 fully saturated rings. The second-order valence-corrected chi connectivity index (χ2v) is 6.91. The Bertz CT molecular complexity index is 594. The predicted molar refractivity (Wildman–Crippen MR) is 78.3 cm³/mol. The number of carbonyl (C=O) groups excluding carboxylic acids is 3. The molecule has 0 aromatic heterocycles. The van der Waals surface area contributed by atoms with Crippen molar-refractivity contribution in [1.29, 1.82) is 0 Å². The Labute approximate surface area is 139 Å². The van der Waals surface area contributed by atoms with Crippen molar-refractivity contribution in [2.24, 2.45) is 17.8 Å². The van der Waals surface area contributed by atoms with Crippen LogP contribution in [0, 0.1) is 17.8 Å². The summed E-state index contributed by atoms with van der Waals surface area (Å²) >= 11 is 0. The molecule has 0 amide bonds. The molecule has 130 valence electrons. The minimum Gasteiger partial charge on any atom is -0.459 e. The third-order valence-corrected chi connectivity index (χ3v) is 5.68. The van der Waals surface area contributed by atoms with E-state index in [0.29, 0.717) is 25.9 Å². The van der Waals surface area contributed by atoms with Crippen molar-refractivity contribution in [3.05, 3.63) is 12.7 Å². The molecule has 6 atom stereocenters. The Kier molecular flexibility index (Phi) is 3.63. The number of ether oxygens (including phenoxy) is 4. The van der Waals surface area contributed by atoms with Gasteiger partial charge in [0.05, 0.1) is 6.61 Å². The summed E-state index contributed by atoms with van der Waals surface area (Å²) < 4.78 is 21.7. The van der Waals surface area contributed by atoms with E-state index in [4.69, 9.17) is 18.9 Å². The van der Waals surface area contributed by atoms with Gasteiger partial charge in [-0.3, -0.25) is 4.79 Å². The molecule has 0 radical (unpaired) electrons. The summed E-state index contributed by atoms with van der Waals surface area (Å²) in [6, 6.07) is 0. The lowest BCUT2D eigenvalue weighted by molar-refractivity contribution is -0.205. The molecule has 7 nitrogen and oxygen atoms in total. The van der Waals surface area contributed by atoms with Crippen LogP contribution in [0.2, 0.25) is 0 Å². The topological polar surface area (TPSA) is 88.1 Å². The number of esters is 3. The van der Waals surface area contributed by atoms with Crippen LogP contribution in [0.4, 0.5) is 0 Å². The van der Waals surface area contributed by atoms with E-state index in [1.54, 1.807) is 0 Å². The molecule has 4 rings (SSSR count). The van der Waals surface area contributed by atoms with E-state index in [9.17, 15) is 14.4 Å². The van der Waals surface area contributed by atoms with Crippen LogP contribution in [0.3, 0.4) is 0 Å². The SMILES string of the molecule is C=CC(=O)OC12C(=O)OC3CC(CC31)C2C(=O)OC1CCCCO1. The fourth-order valence-corrected chi connectivity index (χ4v) is 4.74. The maximum absolute atomic E-state index is 12.8. The Hall–Kier alpha value is -1.89. The van der Waals surface area contributed by atoms with Gasteiger partial charge in [0.2, 0.25) is 11.9 Å². The van der Waals surface area contributed by atoms with Crippen molar-refractivity contribution in [3.63, 3.8) is 0 Å². The van der Waals surface area contributed by atoms with Crippen LogP contribution in [0.1, 0.15) is 32.1 Å². The van der Waals surface area contributed by atoms with Gasteiger partial charge in [-0.05, 0) is 31.6 Å². The first kappa shape index (κ1) is 15.6. The van der Waals surface area contributed by atoms with E-state index in [1.807, 2.05) is 0 Å². The third-order valence-electron chi connectivity index (χ3n) is 5.68. The first-order chi connectivity index (χ1) is 11.6. The van der Waals surface area contributed by atoms with Gasteiger partial charge in [0.1, 0.15) is 12.0 Å². The normalized spacial score (nSPS) is 42.5. The highest BCUT2D eigenvalue weighted by Gasteiger charge is 2.77. The number of hydrogen-bond donors (Lipinski definition) is 0. The summed E-state index contributed by atoms with van der Waals surface area (Å²) in [5.74, 6) is -3.11. The van der Waals surface area contributed by atoms with Gasteiger partial charge in [0.25, 0.3) is 0 Å². The van der Waals surface area contributed by atoms with Crippen LogP contribution in [0.15, 0.2) is 12.7 Å². The Balaban J connectivity index is 1.60. The Morgan fingerprint density at radius 3 is 2.83 bits per heavy atom. The average molecular weight is 336 g/mol. The highest BCUT2D eigenvalue weighted by Crippen LogP contribution is 2.62. The minimum atomic E-state index is -1.56. The second-order valence-electron chi connectivity index (χ2n) is 6.91. The van der Waals surface area contributed by atoms with Crippen LogP contribution in [-0.4, -0.2) is 42.5 Å². The fourth-order valence-electron chi connectivity index (χ4n) is 4.74. The highest BCUT2D eigenvalue weighted by atomic mass is 16.7. The van der Waals surface area contributed by atoms with Gasteiger partial charge in [0, 0.05) is 18.4 Å². The summed E-state index contributed by atoms with van der Waals surface area (Å²) in [4.78, 5) is 37.1. The van der Waals surface area contributed by atoms with Crippen molar-refractivity contribution in [1.82, 2.24) is 0 Å². The standard InChI is InChI=1S/C17H20O7/c1-2-12(18)24-17-10-7-9(8-11(10)22-16(17)20)14(17)15(19)23-13-5-3-4-6-21-13/h2,9-11,13-14H,1,3-8H2. The molecule has 2 aliphatic carbocycles. The largest absolute Gasteiger partial charge is 0.459 e. The minimum absolute atomic E-state index is 0.0832. The first-order valence-corrected chi connectivity index (χ1v) is 8.45. The maximum Gasteiger partial charge on any atom is 0.352 e. The van der Waals surface area contributed by atoms with Crippen molar-refractivity contribution in [2.45, 2.75) is 50.1 Å². The molecule has 0 aromatic rings. The Morgan fingerprint density at radius 2 is 2.12 bits per heavy atom. The quantitative estimate of drug-likeness (QED) is 0.431. The summed E-state index contributed by atoms with van der Waals surface area (Å²) in [7, 11) is 0. The predicted octanol–water partition coefficient (Wildman–Crippen LogP) is 1.11. The number of rotatable bonds is 4. The van der Waals surface area contributed by atoms with Crippen molar-refractivity contribution < 1.29 is 33.3 Å². The molecule has 0 N–H and O–H groups in total. The molecule has 24 heavy (non-hydrogen) atoms. The highest BCUT2D eigenvalue weighted by molar-refractivity contribution is 5.95. The second kappa shape index (κ2) is 5.58. The van der Waals surface area contributed by atoms with Crippen LogP contribution >= 0.6 is 0 Å². The molecule has 2 heterocycles. The fraction of sp³-hybridized carbons (Fsp3) is 0.706. The van der Waals surface area contributed by atoms with E-state index in [-0.39, 0.29) is 17.9 Å². The molecular formula is C17H20O7. The number of carbonyl (C=O) groups is 3. The van der Waals surface area contributed by atoms with E-state index in [1.165, 1.54) is 0 Å². The summed E-state index contributed by atoms with van der Waals surface area (Å²) in [6.07, 6.45) is 3.85. The molecule has 0 spiro atoms. The van der Waals surface area contributed by atoms with Crippen molar-refractivity contribution >= 4 is 17.9 Å². The van der Waals surface area contributed by atoms with Gasteiger partial charge in [-0.2, -0.15) is 0 Å². The van der Waals surface area contributed by atoms with Gasteiger partial charge in [-0.15, -0.1) is 0 Å². The lowest BCUT2D eigenvalue weighted by atomic mass is 9.76. The van der Waals surface area contributed by atoms with E-state index >= 15 is 0 Å². The molecule has 2 aliphatic heterocycles. The summed E-state index contributed by atoms with van der Waals surface area (Å²) in [5.41, 5.74) is -1.56. The van der Waals surface area contributed by atoms with Crippen LogP contribution < -0.4 is 0 Å². The number of fused-ring (bicyclic) bond motifs is 1. The van der Waals surface area contributed by atoms with Crippen LogP contribution in [0.25, 0.3) is 0 Å². The molecular weight excluding hydrogens is 316 g/mol. The smallest absolute Gasteiger partial charge is 0.352 e. The zero-order chi connectivity index (χ0) is 16.9. The van der Waals surface area contributed by atoms with Gasteiger partial charge < -0.3 is 18.9 Å². The van der Waals surface area contributed by atoms with Gasteiger partial charge in [-0.25, -0.2) is 9.59 Å². The van der Waals surface area contributed by atoms with Crippen molar-refractivity contribution in [3.8, 4) is 0 Å². The van der Waals surface area contributed by atoms with E-state index in [2.05, 4.69) is 6.58 Å². The lowest BCUT2D eigenvalue weighted by Gasteiger charge is -2.34. The average Bonchev–Trinajstić information content (AvgIpc) is 3.15. The van der Waals surface area contributed by atoms with Crippen LogP contribution in [0.5, 0.6) is 0 Å². The maximum atomic E-state index is 12.8. The number of hydrogen-bond acceptors (Lipinski definition) is 7. The molecule has 2 bridgehead atoms. The zero-order valence-corrected chi connectivity index (χ0v) is 13.3. The van der Waals surface area contributed by atoms with E-state index in [0.717, 1.165) is 18.9 Å². The van der Waals surface area contributed by atoms with Gasteiger partial charge in [0.15, 0.2) is 0 Å². The molecule has 2 saturated heterocycles. The summed E-state index contributed by atoms with van der Waals surface area (Å²) in [6.45, 7) is 3.92. The lowest BCUT2D eigenvalue weighted by Crippen LogP contribution is -2.54. The third kappa shape index (κ3) is 2.10. The molecule has 0 aromatic carbocycles. The Morgan fingerprint density at radius 1 is 1.29 bits per heavy atom. The molecule has 7 heteroatoms. The van der Waals surface area contributed by atoms with Crippen molar-refractivity contribution in [2.75, 3.05) is 6.61 Å². The summed E-state index contributed by atoms with van der Waals surface area (Å²) in [5, 5.41) is 0. The molecule has 6 unspecified atom stereocenters. The monoisotopic (exact) mass is 336 g/mol. The first-order valence-electron chi connectivity index (χ1n) is 8.45. The van der Waals surface area contributed by atoms with Gasteiger partial charge in [-0.1, -0.05) is 6.58 Å². The molecule has 4 aliphatic rings. The van der Waals surface area contributed by atoms with E-state index < -0.39 is 35.7 Å². The zero-order valence-electron chi connectivity index (χ0n) is 13.3. The van der Waals surface area contributed by atoms with Crippen LogP contribution in [-0.2, 0) is 33.3 Å². The molecule has 2 saturated carbocycles.